The normalized spacial score (nSPS) is 55.3. The first-order valence-corrected chi connectivity index (χ1v) is 3.54. The second-order valence-electron chi connectivity index (χ2n) is 3.16. The fourth-order valence-electron chi connectivity index (χ4n) is 1.91. The van der Waals surface area contributed by atoms with E-state index in [2.05, 4.69) is 0 Å². The lowest BCUT2D eigenvalue weighted by molar-refractivity contribution is -0.00589. The van der Waals surface area contributed by atoms with Gasteiger partial charge in [0.2, 0.25) is 0 Å². The monoisotopic (exact) mass is 128 g/mol. The van der Waals surface area contributed by atoms with E-state index in [1.165, 1.54) is 6.42 Å². The zero-order valence-electron chi connectivity index (χ0n) is 5.58. The van der Waals surface area contributed by atoms with Crippen molar-refractivity contribution in [1.29, 1.82) is 0 Å². The van der Waals surface area contributed by atoms with Crippen LogP contribution in [0.4, 0.5) is 0 Å². The molecule has 0 amide bonds. The molecular weight excluding hydrogens is 116 g/mol. The van der Waals surface area contributed by atoms with Gasteiger partial charge in [-0.2, -0.15) is 0 Å². The lowest BCUT2D eigenvalue weighted by atomic mass is 10.2. The fraction of sp³-hybridized carbons (Fsp3) is 1.00. The topological polar surface area (TPSA) is 29.5 Å². The maximum Gasteiger partial charge on any atom is 0.0835 e. The smallest absolute Gasteiger partial charge is 0.0835 e. The van der Waals surface area contributed by atoms with Crippen LogP contribution in [0.1, 0.15) is 12.8 Å². The van der Waals surface area contributed by atoms with E-state index in [-0.39, 0.29) is 12.2 Å². The highest BCUT2D eigenvalue weighted by molar-refractivity contribution is 5.02. The molecule has 0 aromatic rings. The third-order valence-electron chi connectivity index (χ3n) is 2.63. The van der Waals surface area contributed by atoms with Gasteiger partial charge >= 0.3 is 0 Å². The van der Waals surface area contributed by atoms with Crippen LogP contribution in [-0.2, 0) is 4.74 Å². The molecule has 1 N–H and O–H groups in total. The maximum absolute atomic E-state index is 9.37. The van der Waals surface area contributed by atoms with Crippen LogP contribution >= 0.6 is 0 Å². The van der Waals surface area contributed by atoms with Gasteiger partial charge in [0.25, 0.3) is 0 Å². The fourth-order valence-corrected chi connectivity index (χ4v) is 1.91. The van der Waals surface area contributed by atoms with Crippen LogP contribution in [0.15, 0.2) is 0 Å². The van der Waals surface area contributed by atoms with Gasteiger partial charge in [-0.3, -0.25) is 0 Å². The highest BCUT2D eigenvalue weighted by Gasteiger charge is 2.52. The Morgan fingerprint density at radius 1 is 1.44 bits per heavy atom. The molecule has 0 radical (unpaired) electrons. The second kappa shape index (κ2) is 1.70. The van der Waals surface area contributed by atoms with E-state index >= 15 is 0 Å². The van der Waals surface area contributed by atoms with E-state index in [0.717, 1.165) is 12.3 Å². The summed E-state index contributed by atoms with van der Waals surface area (Å²) >= 11 is 0. The lowest BCUT2D eigenvalue weighted by Gasteiger charge is -2.14. The molecular formula is C7H12O2. The molecule has 2 rings (SSSR count). The Morgan fingerprint density at radius 2 is 2.22 bits per heavy atom. The van der Waals surface area contributed by atoms with E-state index in [1.54, 1.807) is 7.11 Å². The van der Waals surface area contributed by atoms with Crippen molar-refractivity contribution in [3.05, 3.63) is 0 Å². The first-order valence-electron chi connectivity index (χ1n) is 3.54. The molecule has 0 aromatic heterocycles. The largest absolute Gasteiger partial charge is 0.390 e. The average molecular weight is 128 g/mol. The minimum atomic E-state index is -0.153. The maximum atomic E-state index is 9.37. The van der Waals surface area contributed by atoms with Crippen molar-refractivity contribution in [2.45, 2.75) is 25.0 Å². The quantitative estimate of drug-likeness (QED) is 0.554. The van der Waals surface area contributed by atoms with Crippen LogP contribution in [0.2, 0.25) is 0 Å². The molecule has 0 bridgehead atoms. The Bertz CT molecular complexity index is 124. The van der Waals surface area contributed by atoms with Gasteiger partial charge in [0.15, 0.2) is 0 Å². The Kier molecular flexibility index (Phi) is 1.08. The SMILES string of the molecule is COC1CC2CC2C1O. The molecule has 2 nitrogen and oxygen atoms in total. The van der Waals surface area contributed by atoms with Gasteiger partial charge < -0.3 is 9.84 Å². The van der Waals surface area contributed by atoms with Gasteiger partial charge in [-0.05, 0) is 24.7 Å². The number of fused-ring (bicyclic) bond motifs is 1. The van der Waals surface area contributed by atoms with Crippen molar-refractivity contribution in [1.82, 2.24) is 0 Å². The van der Waals surface area contributed by atoms with E-state index in [9.17, 15) is 5.11 Å². The summed E-state index contributed by atoms with van der Waals surface area (Å²) in [5.41, 5.74) is 0. The molecule has 52 valence electrons. The third-order valence-corrected chi connectivity index (χ3v) is 2.63. The Labute approximate surface area is 54.8 Å². The number of aliphatic hydroxyl groups is 1. The first kappa shape index (κ1) is 5.69. The van der Waals surface area contributed by atoms with Gasteiger partial charge in [-0.15, -0.1) is 0 Å². The summed E-state index contributed by atoms with van der Waals surface area (Å²) in [6.07, 6.45) is 2.32. The number of methoxy groups -OCH3 is 1. The van der Waals surface area contributed by atoms with Crippen molar-refractivity contribution in [2.75, 3.05) is 7.11 Å². The Hall–Kier alpha value is -0.0800. The molecule has 0 aliphatic heterocycles. The van der Waals surface area contributed by atoms with E-state index in [1.807, 2.05) is 0 Å². The van der Waals surface area contributed by atoms with Gasteiger partial charge in [0.1, 0.15) is 0 Å². The molecule has 2 heteroatoms. The highest BCUT2D eigenvalue weighted by Crippen LogP contribution is 2.52. The Morgan fingerprint density at radius 3 is 2.56 bits per heavy atom. The van der Waals surface area contributed by atoms with E-state index < -0.39 is 0 Å². The van der Waals surface area contributed by atoms with Crippen LogP contribution in [0.5, 0.6) is 0 Å². The zero-order chi connectivity index (χ0) is 6.43. The molecule has 4 unspecified atom stereocenters. The summed E-state index contributed by atoms with van der Waals surface area (Å²) in [6.45, 7) is 0. The molecule has 2 aliphatic carbocycles. The minimum absolute atomic E-state index is 0.147. The number of hydrogen-bond acceptors (Lipinski definition) is 2. The first-order chi connectivity index (χ1) is 4.33. The summed E-state index contributed by atoms with van der Waals surface area (Å²) in [6, 6.07) is 0. The standard InChI is InChI=1S/C7H12O2/c1-9-6-3-4-2-5(4)7(6)8/h4-8H,2-3H2,1H3. The predicted octanol–water partition coefficient (Wildman–Crippen LogP) is 0.402. The van der Waals surface area contributed by atoms with Gasteiger partial charge in [-0.1, -0.05) is 0 Å². The van der Waals surface area contributed by atoms with Gasteiger partial charge in [-0.25, -0.2) is 0 Å². The number of hydrogen-bond donors (Lipinski definition) is 1. The lowest BCUT2D eigenvalue weighted by Crippen LogP contribution is -2.24. The number of ether oxygens (including phenoxy) is 1. The third kappa shape index (κ3) is 0.700. The molecule has 2 saturated carbocycles. The summed E-state index contributed by atoms with van der Waals surface area (Å²) in [4.78, 5) is 0. The van der Waals surface area contributed by atoms with Crippen molar-refractivity contribution in [3.63, 3.8) is 0 Å². The van der Waals surface area contributed by atoms with E-state index in [0.29, 0.717) is 5.92 Å². The van der Waals surface area contributed by atoms with Crippen molar-refractivity contribution in [2.24, 2.45) is 11.8 Å². The van der Waals surface area contributed by atoms with Crippen LogP contribution in [0, 0.1) is 11.8 Å². The van der Waals surface area contributed by atoms with E-state index in [4.69, 9.17) is 4.74 Å². The molecule has 9 heavy (non-hydrogen) atoms. The number of aliphatic hydroxyl groups excluding tert-OH is 1. The predicted molar refractivity (Wildman–Crippen MR) is 33.0 cm³/mol. The molecule has 2 fully saturated rings. The number of rotatable bonds is 1. The average Bonchev–Trinajstić information content (AvgIpc) is 2.55. The molecule has 0 spiro atoms. The molecule has 0 aromatic carbocycles. The van der Waals surface area contributed by atoms with Crippen LogP contribution in [0.3, 0.4) is 0 Å². The van der Waals surface area contributed by atoms with Crippen molar-refractivity contribution in [3.8, 4) is 0 Å². The molecule has 2 aliphatic rings. The van der Waals surface area contributed by atoms with Gasteiger partial charge in [0, 0.05) is 7.11 Å². The van der Waals surface area contributed by atoms with Crippen molar-refractivity contribution < 1.29 is 9.84 Å². The van der Waals surface area contributed by atoms with Crippen LogP contribution in [-0.4, -0.2) is 24.4 Å². The second-order valence-corrected chi connectivity index (χ2v) is 3.16. The van der Waals surface area contributed by atoms with Crippen LogP contribution in [0.25, 0.3) is 0 Å². The highest BCUT2D eigenvalue weighted by atomic mass is 16.5. The van der Waals surface area contributed by atoms with Gasteiger partial charge in [0.05, 0.1) is 12.2 Å². The molecule has 0 saturated heterocycles. The minimum Gasteiger partial charge on any atom is -0.390 e. The summed E-state index contributed by atoms with van der Waals surface area (Å²) < 4.78 is 5.07. The zero-order valence-corrected chi connectivity index (χ0v) is 5.58. The van der Waals surface area contributed by atoms with Crippen molar-refractivity contribution >= 4 is 0 Å². The summed E-state index contributed by atoms with van der Waals surface area (Å²) in [5.74, 6) is 1.39. The molecule has 0 heterocycles. The summed E-state index contributed by atoms with van der Waals surface area (Å²) in [7, 11) is 1.68. The molecule has 4 atom stereocenters. The van der Waals surface area contributed by atoms with Crippen LogP contribution < -0.4 is 0 Å². The Balaban J connectivity index is 1.99. The summed E-state index contributed by atoms with van der Waals surface area (Å²) in [5, 5.41) is 9.37.